The van der Waals surface area contributed by atoms with Crippen molar-refractivity contribution in [3.05, 3.63) is 53.6 Å². The minimum atomic E-state index is -5.27. The van der Waals surface area contributed by atoms with Crippen molar-refractivity contribution in [3.8, 4) is 5.75 Å². The fourth-order valence-electron chi connectivity index (χ4n) is 3.06. The number of alkyl halides is 3. The predicted molar refractivity (Wildman–Crippen MR) is 119 cm³/mol. The van der Waals surface area contributed by atoms with E-state index in [1.807, 2.05) is 26.0 Å². The number of ether oxygens (including phenoxy) is 2. The minimum absolute atomic E-state index is 0.139. The molecule has 1 aromatic heterocycles. The Labute approximate surface area is 191 Å². The lowest BCUT2D eigenvalue weighted by Gasteiger charge is -2.34. The Morgan fingerprint density at radius 3 is 2.42 bits per heavy atom. The zero-order valence-corrected chi connectivity index (χ0v) is 19.1. The third-order valence-electron chi connectivity index (χ3n) is 4.92. The van der Waals surface area contributed by atoms with Crippen LogP contribution in [-0.4, -0.2) is 42.9 Å². The lowest BCUT2D eigenvalue weighted by Crippen LogP contribution is -2.69. The molecule has 176 valence electrons. The molecule has 0 bridgehead atoms. The number of thiazole rings is 1. The van der Waals surface area contributed by atoms with Gasteiger partial charge in [0.2, 0.25) is 0 Å². The number of halogens is 3. The van der Waals surface area contributed by atoms with E-state index in [4.69, 9.17) is 4.74 Å². The number of benzene rings is 2. The summed E-state index contributed by atoms with van der Waals surface area (Å²) in [6.45, 7) is 3.98. The largest absolute Gasteiger partial charge is 0.497 e. The SMILES string of the molecule is COC(=O)[C@@](NC(=O)c1cccc(OC)c1)(Nc1nc2ccc(C(C)C)cc2s1)C(F)(F)F. The van der Waals surface area contributed by atoms with Gasteiger partial charge in [0.15, 0.2) is 5.13 Å². The van der Waals surface area contributed by atoms with Crippen LogP contribution in [0.1, 0.15) is 35.7 Å². The molecule has 7 nitrogen and oxygen atoms in total. The highest BCUT2D eigenvalue weighted by Gasteiger charge is 2.64. The van der Waals surface area contributed by atoms with Crippen molar-refractivity contribution >= 4 is 38.6 Å². The number of rotatable bonds is 7. The van der Waals surface area contributed by atoms with Gasteiger partial charge in [-0.25, -0.2) is 9.78 Å². The van der Waals surface area contributed by atoms with E-state index in [9.17, 15) is 22.8 Å². The zero-order chi connectivity index (χ0) is 24.4. The van der Waals surface area contributed by atoms with E-state index >= 15 is 0 Å². The Kier molecular flexibility index (Phi) is 6.82. The summed E-state index contributed by atoms with van der Waals surface area (Å²) < 4.78 is 53.0. The molecule has 3 aromatic rings. The summed E-state index contributed by atoms with van der Waals surface area (Å²) >= 11 is 0.927. The van der Waals surface area contributed by atoms with Gasteiger partial charge in [0.25, 0.3) is 5.91 Å². The highest BCUT2D eigenvalue weighted by molar-refractivity contribution is 7.22. The normalized spacial score (nSPS) is 13.5. The molecule has 1 heterocycles. The first kappa shape index (κ1) is 24.3. The van der Waals surface area contributed by atoms with Gasteiger partial charge in [0.05, 0.1) is 24.4 Å². The highest BCUT2D eigenvalue weighted by atomic mass is 32.1. The first-order valence-corrected chi connectivity index (χ1v) is 10.6. The number of nitrogens with one attached hydrogen (secondary N) is 2. The Bertz CT molecular complexity index is 1180. The van der Waals surface area contributed by atoms with Crippen LogP contribution in [0, 0.1) is 0 Å². The molecule has 33 heavy (non-hydrogen) atoms. The highest BCUT2D eigenvalue weighted by Crippen LogP contribution is 2.36. The van der Waals surface area contributed by atoms with E-state index in [1.165, 1.54) is 31.4 Å². The van der Waals surface area contributed by atoms with Gasteiger partial charge in [0.1, 0.15) is 5.75 Å². The number of amides is 1. The van der Waals surface area contributed by atoms with Crippen LogP contribution in [0.25, 0.3) is 10.2 Å². The summed E-state index contributed by atoms with van der Waals surface area (Å²) in [5, 5.41) is 3.66. The third-order valence-corrected chi connectivity index (χ3v) is 5.86. The molecule has 2 aromatic carbocycles. The maximum Gasteiger partial charge on any atom is 0.442 e. The molecule has 11 heteroatoms. The monoisotopic (exact) mass is 481 g/mol. The summed E-state index contributed by atoms with van der Waals surface area (Å²) in [6.07, 6.45) is -5.27. The van der Waals surface area contributed by atoms with Gasteiger partial charge in [-0.2, -0.15) is 13.2 Å². The Hall–Kier alpha value is -3.34. The van der Waals surface area contributed by atoms with Crippen LogP contribution >= 0.6 is 11.3 Å². The molecule has 0 aliphatic carbocycles. The number of esters is 1. The molecule has 0 fully saturated rings. The molecular formula is C22H22F3N3O4S. The standard InChI is InChI=1S/C22H22F3N3O4S/c1-12(2)13-8-9-16-17(11-13)33-20(26-16)28-21(19(30)32-4,22(23,24)25)27-18(29)14-6-5-7-15(10-14)31-3/h5-12H,1-4H3,(H,26,28)(H,27,29)/t21-/m1/s1. The number of anilines is 1. The van der Waals surface area contributed by atoms with Gasteiger partial charge >= 0.3 is 17.8 Å². The van der Waals surface area contributed by atoms with Crippen LogP contribution in [0.5, 0.6) is 5.75 Å². The molecule has 0 spiro atoms. The summed E-state index contributed by atoms with van der Waals surface area (Å²) in [6, 6.07) is 10.9. The summed E-state index contributed by atoms with van der Waals surface area (Å²) in [5.74, 6) is -2.43. The van der Waals surface area contributed by atoms with Gasteiger partial charge in [-0.05, 0) is 41.8 Å². The maximum absolute atomic E-state index is 14.3. The zero-order valence-electron chi connectivity index (χ0n) is 18.2. The van der Waals surface area contributed by atoms with Crippen LogP contribution in [-0.2, 0) is 9.53 Å². The molecule has 0 saturated carbocycles. The van der Waals surface area contributed by atoms with Gasteiger partial charge in [-0.15, -0.1) is 0 Å². The van der Waals surface area contributed by atoms with Crippen molar-refractivity contribution in [2.45, 2.75) is 31.6 Å². The van der Waals surface area contributed by atoms with E-state index in [2.05, 4.69) is 15.0 Å². The first-order valence-electron chi connectivity index (χ1n) is 9.81. The molecule has 0 radical (unpaired) electrons. The van der Waals surface area contributed by atoms with E-state index < -0.39 is 23.7 Å². The molecule has 0 aliphatic rings. The lowest BCUT2D eigenvalue weighted by molar-refractivity contribution is -0.203. The van der Waals surface area contributed by atoms with Gasteiger partial charge in [-0.1, -0.05) is 37.3 Å². The first-order chi connectivity index (χ1) is 15.5. The van der Waals surface area contributed by atoms with E-state index in [-0.39, 0.29) is 22.4 Å². The van der Waals surface area contributed by atoms with Crippen LogP contribution in [0.15, 0.2) is 42.5 Å². The second kappa shape index (κ2) is 9.26. The van der Waals surface area contributed by atoms with Crippen molar-refractivity contribution in [3.63, 3.8) is 0 Å². The second-order valence-corrected chi connectivity index (χ2v) is 8.48. The number of hydrogen-bond acceptors (Lipinski definition) is 7. The number of fused-ring (bicyclic) bond motifs is 1. The molecule has 0 saturated heterocycles. The van der Waals surface area contributed by atoms with Crippen LogP contribution in [0.3, 0.4) is 0 Å². The van der Waals surface area contributed by atoms with Crippen molar-refractivity contribution in [1.82, 2.24) is 10.3 Å². The quantitative estimate of drug-likeness (QED) is 0.376. The summed E-state index contributed by atoms with van der Waals surface area (Å²) in [4.78, 5) is 29.4. The maximum atomic E-state index is 14.3. The van der Waals surface area contributed by atoms with E-state index in [0.717, 1.165) is 24.0 Å². The smallest absolute Gasteiger partial charge is 0.442 e. The molecule has 0 unspecified atom stereocenters. The summed E-state index contributed by atoms with van der Waals surface area (Å²) in [5.41, 5.74) is -2.28. The van der Waals surface area contributed by atoms with Crippen LogP contribution in [0.4, 0.5) is 18.3 Å². The lowest BCUT2D eigenvalue weighted by atomic mass is 10.0. The fraction of sp³-hybridized carbons (Fsp3) is 0.318. The Balaban J connectivity index is 2.04. The fourth-order valence-corrected chi connectivity index (χ4v) is 4.03. The van der Waals surface area contributed by atoms with Crippen LogP contribution in [0.2, 0.25) is 0 Å². The average molecular weight is 481 g/mol. The van der Waals surface area contributed by atoms with Gasteiger partial charge in [-0.3, -0.25) is 4.79 Å². The molecule has 1 amide bonds. The Morgan fingerprint density at radius 1 is 1.09 bits per heavy atom. The molecule has 3 rings (SSSR count). The number of carbonyl (C=O) groups excluding carboxylic acids is 2. The van der Waals surface area contributed by atoms with Crippen molar-refractivity contribution in [2.24, 2.45) is 0 Å². The number of hydrogen-bond donors (Lipinski definition) is 2. The number of carbonyl (C=O) groups is 2. The minimum Gasteiger partial charge on any atom is -0.497 e. The molecule has 1 atom stereocenters. The Morgan fingerprint density at radius 2 is 1.82 bits per heavy atom. The predicted octanol–water partition coefficient (Wildman–Crippen LogP) is 4.70. The third kappa shape index (κ3) is 4.87. The van der Waals surface area contributed by atoms with E-state index in [0.29, 0.717) is 10.2 Å². The van der Waals surface area contributed by atoms with E-state index in [1.54, 1.807) is 11.4 Å². The van der Waals surface area contributed by atoms with Crippen LogP contribution < -0.4 is 15.4 Å². The van der Waals surface area contributed by atoms with Gasteiger partial charge in [0, 0.05) is 5.56 Å². The van der Waals surface area contributed by atoms with Crippen molar-refractivity contribution in [1.29, 1.82) is 0 Å². The second-order valence-electron chi connectivity index (χ2n) is 7.45. The molecular weight excluding hydrogens is 459 g/mol. The number of nitrogens with zero attached hydrogens (tertiary/aromatic N) is 1. The number of aromatic nitrogens is 1. The molecule has 2 N–H and O–H groups in total. The average Bonchev–Trinajstić information content (AvgIpc) is 3.18. The van der Waals surface area contributed by atoms with Crippen molar-refractivity contribution < 1.29 is 32.2 Å². The van der Waals surface area contributed by atoms with Crippen molar-refractivity contribution in [2.75, 3.05) is 19.5 Å². The summed E-state index contributed by atoms with van der Waals surface area (Å²) in [7, 11) is 2.15. The topological polar surface area (TPSA) is 89.5 Å². The molecule has 0 aliphatic heterocycles. The van der Waals surface area contributed by atoms with Gasteiger partial charge < -0.3 is 20.1 Å². The number of methoxy groups -OCH3 is 2.